The Morgan fingerprint density at radius 1 is 0.671 bits per heavy atom. The number of rotatable bonds is 41. The number of carboxylic acids is 1. The minimum atomic E-state index is -1.20. The van der Waals surface area contributed by atoms with Crippen molar-refractivity contribution in [3.05, 3.63) is 35.9 Å². The van der Waals surface area contributed by atoms with Gasteiger partial charge in [-0.1, -0.05) is 155 Å². The van der Waals surface area contributed by atoms with Crippen LogP contribution in [0.1, 0.15) is 207 Å². The summed E-state index contributed by atoms with van der Waals surface area (Å²) in [4.78, 5) is 97.8. The highest BCUT2D eigenvalue weighted by atomic mass is 16.4. The predicted molar refractivity (Wildman–Crippen MR) is 280 cm³/mol. The Morgan fingerprint density at radius 2 is 1.24 bits per heavy atom. The second-order valence-corrected chi connectivity index (χ2v) is 20.7. The predicted octanol–water partition coefficient (Wildman–Crippen LogP) is 8.74. The van der Waals surface area contributed by atoms with E-state index in [0.29, 0.717) is 77.3 Å². The van der Waals surface area contributed by atoms with Crippen molar-refractivity contribution < 1.29 is 38.7 Å². The first-order chi connectivity index (χ1) is 33.7. The van der Waals surface area contributed by atoms with Crippen molar-refractivity contribution in [2.75, 3.05) is 19.6 Å². The molecule has 4 amide bonds. The van der Waals surface area contributed by atoms with Crippen LogP contribution >= 0.6 is 0 Å². The molecule has 8 N–H and O–H groups in total. The van der Waals surface area contributed by atoms with E-state index in [1.807, 2.05) is 33.8 Å². The van der Waals surface area contributed by atoms with E-state index in [-0.39, 0.29) is 61.5 Å². The average molecular weight is 981 g/mol. The molecule has 14 nitrogen and oxygen atoms in total. The third kappa shape index (κ3) is 24.8. The van der Waals surface area contributed by atoms with Crippen LogP contribution in [0.15, 0.2) is 30.3 Å². The fraction of sp³-hybridized carbons (Fsp3) is 0.768. The summed E-state index contributed by atoms with van der Waals surface area (Å²) in [6.45, 7) is 11.2. The number of nitrogens with two attached hydrogens (primary N) is 2. The van der Waals surface area contributed by atoms with E-state index in [4.69, 9.17) is 11.5 Å². The number of benzene rings is 1. The van der Waals surface area contributed by atoms with Gasteiger partial charge in [-0.2, -0.15) is 0 Å². The Kier molecular flexibility index (Phi) is 32.5. The zero-order valence-corrected chi connectivity index (χ0v) is 44.1. The summed E-state index contributed by atoms with van der Waals surface area (Å²) in [7, 11) is 0. The second kappa shape index (κ2) is 36.7. The fourth-order valence-electron chi connectivity index (χ4n) is 9.71. The number of carbonyl (C=O) groups excluding carboxylic acids is 6. The van der Waals surface area contributed by atoms with E-state index in [1.165, 1.54) is 69.1 Å². The molecule has 0 saturated carbocycles. The number of amides is 4. The molecule has 7 atom stereocenters. The largest absolute Gasteiger partial charge is 0.480 e. The van der Waals surface area contributed by atoms with E-state index in [9.17, 15) is 38.7 Å². The van der Waals surface area contributed by atoms with Crippen molar-refractivity contribution >= 4 is 41.2 Å². The number of ketones is 2. The molecule has 1 heterocycles. The Morgan fingerprint density at radius 3 is 1.80 bits per heavy atom. The molecule has 14 heteroatoms. The SMILES string of the molecule is CCCCCCCCCCCCCCCC(=O)C[C@@H](CC(C)C)C(=O)N[C@H](C(=O)C[C@@H](CCCCN)C(=O)N[C@@H](CCCCN)C(=O)N1CCC[C@H]1C(=O)N[C@@H](Cc1ccccc1)C(=O)O)[C@@H](C)CC. The lowest BCUT2D eigenvalue weighted by molar-refractivity contribution is -0.145. The highest BCUT2D eigenvalue weighted by molar-refractivity contribution is 5.96. The van der Waals surface area contributed by atoms with Gasteiger partial charge >= 0.3 is 5.97 Å². The van der Waals surface area contributed by atoms with Crippen LogP contribution in [0.2, 0.25) is 0 Å². The summed E-state index contributed by atoms with van der Waals surface area (Å²) in [6, 6.07) is 4.97. The van der Waals surface area contributed by atoms with Crippen molar-refractivity contribution in [2.24, 2.45) is 35.1 Å². The van der Waals surface area contributed by atoms with Gasteiger partial charge in [-0.05, 0) is 88.3 Å². The van der Waals surface area contributed by atoms with Crippen LogP contribution in [0, 0.1) is 23.7 Å². The van der Waals surface area contributed by atoms with Gasteiger partial charge in [-0.25, -0.2) is 4.79 Å². The molecule has 1 aromatic rings. The molecular weight excluding hydrogens is 885 g/mol. The number of aliphatic carboxylic acids is 1. The molecule has 0 bridgehead atoms. The van der Waals surface area contributed by atoms with Crippen LogP contribution < -0.4 is 27.4 Å². The van der Waals surface area contributed by atoms with Crippen LogP contribution in [-0.2, 0) is 40.0 Å². The van der Waals surface area contributed by atoms with Crippen molar-refractivity contribution in [3.63, 3.8) is 0 Å². The monoisotopic (exact) mass is 981 g/mol. The van der Waals surface area contributed by atoms with E-state index >= 15 is 0 Å². The summed E-state index contributed by atoms with van der Waals surface area (Å²) in [6.07, 6.45) is 21.2. The van der Waals surface area contributed by atoms with Gasteiger partial charge < -0.3 is 37.4 Å². The highest BCUT2D eigenvalue weighted by Crippen LogP contribution is 2.25. The lowest BCUT2D eigenvalue weighted by atomic mass is 9.86. The summed E-state index contributed by atoms with van der Waals surface area (Å²) in [5, 5.41) is 18.6. The number of unbranched alkanes of at least 4 members (excludes halogenated alkanes) is 14. The van der Waals surface area contributed by atoms with E-state index < -0.39 is 59.7 Å². The van der Waals surface area contributed by atoms with Gasteiger partial charge in [-0.3, -0.25) is 28.8 Å². The smallest absolute Gasteiger partial charge is 0.326 e. The zero-order chi connectivity index (χ0) is 51.7. The number of nitrogens with one attached hydrogen (secondary N) is 3. The average Bonchev–Trinajstić information content (AvgIpc) is 3.84. The third-order valence-corrected chi connectivity index (χ3v) is 14.1. The maximum atomic E-state index is 14.4. The van der Waals surface area contributed by atoms with Crippen LogP contribution in [0.4, 0.5) is 0 Å². The lowest BCUT2D eigenvalue weighted by Gasteiger charge is -2.31. The first-order valence-electron chi connectivity index (χ1n) is 27.6. The Balaban J connectivity index is 2.14. The molecule has 0 spiro atoms. The topological polar surface area (TPSA) is 231 Å². The highest BCUT2D eigenvalue weighted by Gasteiger charge is 2.40. The third-order valence-electron chi connectivity index (χ3n) is 14.1. The zero-order valence-electron chi connectivity index (χ0n) is 44.1. The molecule has 1 saturated heterocycles. The van der Waals surface area contributed by atoms with Gasteiger partial charge in [0.05, 0.1) is 6.04 Å². The quantitative estimate of drug-likeness (QED) is 0.0342. The number of carbonyl (C=O) groups is 7. The van der Waals surface area contributed by atoms with Crippen LogP contribution in [0.5, 0.6) is 0 Å². The van der Waals surface area contributed by atoms with Gasteiger partial charge in [0.15, 0.2) is 5.78 Å². The molecule has 1 fully saturated rings. The molecule has 70 heavy (non-hydrogen) atoms. The molecular formula is C56H96N6O8. The molecule has 1 aliphatic heterocycles. The maximum absolute atomic E-state index is 14.4. The van der Waals surface area contributed by atoms with Crippen molar-refractivity contribution in [1.29, 1.82) is 0 Å². The molecule has 0 aliphatic carbocycles. The number of hydrogen-bond donors (Lipinski definition) is 6. The normalized spacial score (nSPS) is 16.2. The summed E-state index contributed by atoms with van der Waals surface area (Å²) < 4.78 is 0. The molecule has 1 aromatic carbocycles. The Bertz CT molecular complexity index is 1680. The fourth-order valence-corrected chi connectivity index (χ4v) is 9.71. The van der Waals surface area contributed by atoms with E-state index in [0.717, 1.165) is 24.8 Å². The number of hydrogen-bond acceptors (Lipinski definition) is 9. The van der Waals surface area contributed by atoms with Crippen molar-refractivity contribution in [3.8, 4) is 0 Å². The molecule has 0 aromatic heterocycles. The maximum Gasteiger partial charge on any atom is 0.326 e. The first-order valence-corrected chi connectivity index (χ1v) is 27.6. The van der Waals surface area contributed by atoms with Gasteiger partial charge in [0.25, 0.3) is 0 Å². The Labute approximate surface area is 422 Å². The van der Waals surface area contributed by atoms with E-state index in [2.05, 4.69) is 22.9 Å². The summed E-state index contributed by atoms with van der Waals surface area (Å²) in [5.41, 5.74) is 12.4. The van der Waals surface area contributed by atoms with Gasteiger partial charge in [0, 0.05) is 44.1 Å². The van der Waals surface area contributed by atoms with Gasteiger partial charge in [-0.15, -0.1) is 0 Å². The van der Waals surface area contributed by atoms with Crippen molar-refractivity contribution in [2.45, 2.75) is 232 Å². The number of Topliss-reactive ketones (excluding diaryl/α,β-unsaturated/α-hetero) is 2. The second-order valence-electron chi connectivity index (χ2n) is 20.7. The minimum absolute atomic E-state index is 0.0656. The molecule has 0 radical (unpaired) electrons. The number of carboxylic acid groups (broad SMARTS) is 1. The standard InChI is InChI=1S/C56H96N6O8/c1-6-8-9-10-11-12-13-14-15-16-17-18-22-31-46(63)39-45(37-41(3)4)53(66)61-51(42(5)7-2)50(64)40-44(30-23-25-34-57)52(65)59-47(32-24-26-35-58)55(68)62-36-27-33-49(62)54(67)60-48(56(69)70)38-43-28-20-19-21-29-43/h19-21,28-29,41-42,44-45,47-49,51H,6-18,22-27,30-40,57-58H2,1-5H3,(H,59,65)(H,60,67)(H,61,66)(H,69,70)/t42-,44+,45+,47-,48-,49-,51-/m0/s1. The molecule has 398 valence electrons. The molecule has 0 unspecified atom stereocenters. The summed E-state index contributed by atoms with van der Waals surface area (Å²) in [5.74, 6) is -4.72. The van der Waals surface area contributed by atoms with Crippen molar-refractivity contribution in [1.82, 2.24) is 20.9 Å². The van der Waals surface area contributed by atoms with Crippen LogP contribution in [0.25, 0.3) is 0 Å². The Hall–Kier alpha value is -4.17. The molecule has 2 rings (SSSR count). The number of nitrogens with zero attached hydrogens (tertiary/aromatic N) is 1. The van der Waals surface area contributed by atoms with Gasteiger partial charge in [0.2, 0.25) is 23.6 Å². The van der Waals surface area contributed by atoms with E-state index in [1.54, 1.807) is 24.3 Å². The molecule has 1 aliphatic rings. The van der Waals surface area contributed by atoms with Gasteiger partial charge in [0.1, 0.15) is 23.9 Å². The summed E-state index contributed by atoms with van der Waals surface area (Å²) >= 11 is 0. The first kappa shape index (κ1) is 61.9. The van der Waals surface area contributed by atoms with Crippen LogP contribution in [-0.4, -0.2) is 95.0 Å². The minimum Gasteiger partial charge on any atom is -0.480 e. The van der Waals surface area contributed by atoms with Crippen LogP contribution in [0.3, 0.4) is 0 Å². The lowest BCUT2D eigenvalue weighted by Crippen LogP contribution is -2.56. The number of likely N-dealkylation sites (tertiary alicyclic amines) is 1.